The first kappa shape index (κ1) is 16.6. The molecular formula is C19H18N2OS2. The third-order valence-corrected chi connectivity index (χ3v) is 5.20. The smallest absolute Gasteiger partial charge is 0.250 e. The number of anilines is 1. The third-order valence-electron chi connectivity index (χ3n) is 3.61. The van der Waals surface area contributed by atoms with Gasteiger partial charge >= 0.3 is 0 Å². The molecule has 0 saturated carbocycles. The fourth-order valence-electron chi connectivity index (χ4n) is 2.72. The topological polar surface area (TPSA) is 42.0 Å². The molecule has 0 fully saturated rings. The fraction of sp³-hybridized carbons (Fsp3) is 0.158. The van der Waals surface area contributed by atoms with Crippen molar-refractivity contribution in [2.75, 3.05) is 5.32 Å². The average molecular weight is 355 g/mol. The van der Waals surface area contributed by atoms with Crippen LogP contribution in [0.4, 0.5) is 5.13 Å². The molecule has 0 aliphatic rings. The molecule has 0 aliphatic carbocycles. The minimum absolute atomic E-state index is 0.165. The summed E-state index contributed by atoms with van der Waals surface area (Å²) < 4.78 is 0. The van der Waals surface area contributed by atoms with E-state index < -0.39 is 0 Å². The third kappa shape index (κ3) is 3.80. The zero-order chi connectivity index (χ0) is 17.1. The van der Waals surface area contributed by atoms with Crippen LogP contribution in [0, 0.1) is 20.8 Å². The highest BCUT2D eigenvalue weighted by molar-refractivity contribution is 7.14. The molecule has 5 heteroatoms. The molecule has 0 spiro atoms. The monoisotopic (exact) mass is 354 g/mol. The van der Waals surface area contributed by atoms with Crippen molar-refractivity contribution < 1.29 is 4.79 Å². The molecule has 0 radical (unpaired) electrons. The Hall–Kier alpha value is -2.24. The van der Waals surface area contributed by atoms with E-state index in [1.54, 1.807) is 11.3 Å². The number of rotatable bonds is 4. The second-order valence-electron chi connectivity index (χ2n) is 5.65. The molecule has 2 aromatic heterocycles. The Morgan fingerprint density at radius 1 is 1.17 bits per heavy atom. The van der Waals surface area contributed by atoms with Crippen molar-refractivity contribution in [1.82, 2.24) is 4.98 Å². The quantitative estimate of drug-likeness (QED) is 0.633. The van der Waals surface area contributed by atoms with Gasteiger partial charge in [-0.2, -0.15) is 0 Å². The van der Waals surface area contributed by atoms with Crippen molar-refractivity contribution in [1.29, 1.82) is 0 Å². The Morgan fingerprint density at radius 3 is 2.58 bits per heavy atom. The molecule has 24 heavy (non-hydrogen) atoms. The van der Waals surface area contributed by atoms with Gasteiger partial charge in [0.05, 0.1) is 5.69 Å². The van der Waals surface area contributed by atoms with Gasteiger partial charge in [0, 0.05) is 21.9 Å². The van der Waals surface area contributed by atoms with Crippen LogP contribution in [-0.2, 0) is 4.79 Å². The van der Waals surface area contributed by atoms with Gasteiger partial charge in [0.15, 0.2) is 5.13 Å². The summed E-state index contributed by atoms with van der Waals surface area (Å²) in [5.41, 5.74) is 5.71. The standard InChI is InChI=1S/C19H18N2OS2/c1-12-9-13(2)18(14(3)10-12)16-11-24-19(20-16)21-17(22)7-6-15-5-4-8-23-15/h4-11H,1-3H3,(H,20,21,22)/b7-6+. The van der Waals surface area contributed by atoms with E-state index in [1.165, 1.54) is 34.1 Å². The lowest BCUT2D eigenvalue weighted by molar-refractivity contribution is -0.111. The van der Waals surface area contributed by atoms with E-state index in [0.717, 1.165) is 16.1 Å². The van der Waals surface area contributed by atoms with Crippen molar-refractivity contribution >= 4 is 39.8 Å². The number of nitrogens with zero attached hydrogens (tertiary/aromatic N) is 1. The van der Waals surface area contributed by atoms with Gasteiger partial charge in [-0.3, -0.25) is 10.1 Å². The molecule has 0 aliphatic heterocycles. The number of nitrogens with one attached hydrogen (secondary N) is 1. The normalized spacial score (nSPS) is 11.1. The average Bonchev–Trinajstić information content (AvgIpc) is 3.16. The first-order valence-corrected chi connectivity index (χ1v) is 9.35. The first-order valence-electron chi connectivity index (χ1n) is 7.59. The van der Waals surface area contributed by atoms with Crippen molar-refractivity contribution in [3.8, 4) is 11.3 Å². The number of aromatic nitrogens is 1. The van der Waals surface area contributed by atoms with Crippen LogP contribution in [0.3, 0.4) is 0 Å². The van der Waals surface area contributed by atoms with Gasteiger partial charge in [-0.15, -0.1) is 22.7 Å². The summed E-state index contributed by atoms with van der Waals surface area (Å²) in [6, 6.07) is 8.24. The van der Waals surface area contributed by atoms with E-state index in [1.807, 2.05) is 29.0 Å². The molecule has 1 aromatic carbocycles. The van der Waals surface area contributed by atoms with E-state index in [9.17, 15) is 4.79 Å². The summed E-state index contributed by atoms with van der Waals surface area (Å²) in [4.78, 5) is 17.6. The summed E-state index contributed by atoms with van der Waals surface area (Å²) in [5, 5.41) is 7.42. The summed E-state index contributed by atoms with van der Waals surface area (Å²) >= 11 is 3.04. The second kappa shape index (κ2) is 7.11. The fourth-order valence-corrected chi connectivity index (χ4v) is 4.04. The zero-order valence-corrected chi connectivity index (χ0v) is 15.4. The molecule has 0 unspecified atom stereocenters. The number of carbonyl (C=O) groups excluding carboxylic acids is 1. The molecular weight excluding hydrogens is 336 g/mol. The molecule has 2 heterocycles. The number of thiophene rings is 1. The van der Waals surface area contributed by atoms with Crippen molar-refractivity contribution in [2.24, 2.45) is 0 Å². The molecule has 0 atom stereocenters. The number of aryl methyl sites for hydroxylation is 3. The van der Waals surface area contributed by atoms with Crippen LogP contribution in [0.2, 0.25) is 0 Å². The molecule has 0 saturated heterocycles. The van der Waals surface area contributed by atoms with Crippen molar-refractivity contribution in [3.05, 3.63) is 62.7 Å². The Labute approximate surface area is 149 Å². The molecule has 122 valence electrons. The van der Waals surface area contributed by atoms with Crippen LogP contribution in [0.25, 0.3) is 17.3 Å². The van der Waals surface area contributed by atoms with Gasteiger partial charge in [0.1, 0.15) is 0 Å². The molecule has 3 aromatic rings. The van der Waals surface area contributed by atoms with Crippen LogP contribution in [0.15, 0.2) is 41.1 Å². The summed E-state index contributed by atoms with van der Waals surface area (Å²) in [6.45, 7) is 6.28. The zero-order valence-electron chi connectivity index (χ0n) is 13.8. The molecule has 1 N–H and O–H groups in total. The predicted octanol–water partition coefficient (Wildman–Crippen LogP) is 5.45. The number of thiazole rings is 1. The molecule has 3 rings (SSSR count). The Balaban J connectivity index is 1.75. The van der Waals surface area contributed by atoms with Crippen LogP contribution < -0.4 is 5.32 Å². The Morgan fingerprint density at radius 2 is 1.92 bits per heavy atom. The van der Waals surface area contributed by atoms with E-state index >= 15 is 0 Å². The highest BCUT2D eigenvalue weighted by atomic mass is 32.1. The minimum atomic E-state index is -0.165. The minimum Gasteiger partial charge on any atom is -0.298 e. The maximum absolute atomic E-state index is 12.0. The summed E-state index contributed by atoms with van der Waals surface area (Å²) in [5.74, 6) is -0.165. The number of benzene rings is 1. The molecule has 0 bridgehead atoms. The largest absolute Gasteiger partial charge is 0.298 e. The predicted molar refractivity (Wildman–Crippen MR) is 104 cm³/mol. The first-order chi connectivity index (χ1) is 11.5. The van der Waals surface area contributed by atoms with Crippen LogP contribution >= 0.6 is 22.7 Å². The van der Waals surface area contributed by atoms with Gasteiger partial charge in [-0.25, -0.2) is 4.98 Å². The van der Waals surface area contributed by atoms with E-state index in [0.29, 0.717) is 5.13 Å². The van der Waals surface area contributed by atoms with Crippen LogP contribution in [-0.4, -0.2) is 10.9 Å². The SMILES string of the molecule is Cc1cc(C)c(-c2csc(NC(=O)/C=C/c3cccs3)n2)c(C)c1. The maximum Gasteiger partial charge on any atom is 0.250 e. The van der Waals surface area contributed by atoms with Crippen molar-refractivity contribution in [2.45, 2.75) is 20.8 Å². The number of amides is 1. The number of hydrogen-bond acceptors (Lipinski definition) is 4. The van der Waals surface area contributed by atoms with Gasteiger partial charge in [0.2, 0.25) is 5.91 Å². The lowest BCUT2D eigenvalue weighted by Crippen LogP contribution is -2.07. The maximum atomic E-state index is 12.0. The van der Waals surface area contributed by atoms with Gasteiger partial charge in [-0.05, 0) is 49.4 Å². The Kier molecular flexibility index (Phi) is 4.92. The van der Waals surface area contributed by atoms with E-state index in [2.05, 4.69) is 43.2 Å². The van der Waals surface area contributed by atoms with Gasteiger partial charge < -0.3 is 0 Å². The number of carbonyl (C=O) groups is 1. The lowest BCUT2D eigenvalue weighted by atomic mass is 9.98. The van der Waals surface area contributed by atoms with E-state index in [4.69, 9.17) is 0 Å². The summed E-state index contributed by atoms with van der Waals surface area (Å²) in [6.07, 6.45) is 3.35. The Bertz CT molecular complexity index is 869. The highest BCUT2D eigenvalue weighted by Crippen LogP contribution is 2.31. The summed E-state index contributed by atoms with van der Waals surface area (Å²) in [7, 11) is 0. The molecule has 1 amide bonds. The van der Waals surface area contributed by atoms with Crippen LogP contribution in [0.5, 0.6) is 0 Å². The lowest BCUT2D eigenvalue weighted by Gasteiger charge is -2.08. The molecule has 3 nitrogen and oxygen atoms in total. The second-order valence-corrected chi connectivity index (χ2v) is 7.49. The highest BCUT2D eigenvalue weighted by Gasteiger charge is 2.11. The van der Waals surface area contributed by atoms with Gasteiger partial charge in [-0.1, -0.05) is 23.8 Å². The van der Waals surface area contributed by atoms with Crippen molar-refractivity contribution in [3.63, 3.8) is 0 Å². The van der Waals surface area contributed by atoms with Crippen LogP contribution in [0.1, 0.15) is 21.6 Å². The number of hydrogen-bond donors (Lipinski definition) is 1. The van der Waals surface area contributed by atoms with E-state index in [-0.39, 0.29) is 5.91 Å². The van der Waals surface area contributed by atoms with Gasteiger partial charge in [0.25, 0.3) is 0 Å².